The molecule has 1 aromatic carbocycles. The van der Waals surface area contributed by atoms with Gasteiger partial charge >= 0.3 is 0 Å². The zero-order valence-electron chi connectivity index (χ0n) is 11.6. The summed E-state index contributed by atoms with van der Waals surface area (Å²) in [6.45, 7) is 0.682. The van der Waals surface area contributed by atoms with Gasteiger partial charge in [-0.25, -0.2) is 8.78 Å². The molecule has 0 aromatic heterocycles. The van der Waals surface area contributed by atoms with E-state index in [0.717, 1.165) is 18.4 Å². The van der Waals surface area contributed by atoms with Crippen LogP contribution >= 0.6 is 12.4 Å². The predicted molar refractivity (Wildman–Crippen MR) is 78.0 cm³/mol. The van der Waals surface area contributed by atoms with E-state index in [1.54, 1.807) is 6.07 Å². The molecule has 2 aliphatic heterocycles. The molecule has 0 saturated carbocycles. The Morgan fingerprint density at radius 3 is 2.40 bits per heavy atom. The second-order valence-corrected chi connectivity index (χ2v) is 5.93. The smallest absolute Gasteiger partial charge is 0.159 e. The van der Waals surface area contributed by atoms with Crippen LogP contribution in [0.25, 0.3) is 0 Å². The van der Waals surface area contributed by atoms with E-state index >= 15 is 0 Å². The lowest BCUT2D eigenvalue weighted by Gasteiger charge is -2.35. The van der Waals surface area contributed by atoms with Crippen LogP contribution in [-0.4, -0.2) is 30.1 Å². The van der Waals surface area contributed by atoms with Crippen molar-refractivity contribution < 1.29 is 8.78 Å². The van der Waals surface area contributed by atoms with Crippen LogP contribution in [-0.2, 0) is 6.54 Å². The minimum atomic E-state index is -0.772. The van der Waals surface area contributed by atoms with Gasteiger partial charge in [0.1, 0.15) is 0 Å². The maximum Gasteiger partial charge on any atom is 0.159 e. The lowest BCUT2D eigenvalue weighted by Crippen LogP contribution is -2.46. The maximum atomic E-state index is 13.2. The molecule has 0 aliphatic carbocycles. The number of fused-ring (bicyclic) bond motifs is 2. The first-order chi connectivity index (χ1) is 9.11. The van der Waals surface area contributed by atoms with Crippen molar-refractivity contribution >= 4 is 12.4 Å². The normalized spacial score (nSPS) is 28.5. The van der Waals surface area contributed by atoms with Gasteiger partial charge in [0, 0.05) is 24.7 Å². The summed E-state index contributed by atoms with van der Waals surface area (Å²) >= 11 is 0. The molecule has 2 saturated heterocycles. The van der Waals surface area contributed by atoms with Crippen molar-refractivity contribution in [1.82, 2.24) is 10.2 Å². The first kappa shape index (κ1) is 15.7. The molecule has 0 spiro atoms. The number of benzene rings is 1. The van der Waals surface area contributed by atoms with Crippen molar-refractivity contribution in [3.63, 3.8) is 0 Å². The molecule has 1 aromatic rings. The van der Waals surface area contributed by atoms with Crippen molar-refractivity contribution in [2.75, 3.05) is 7.05 Å². The van der Waals surface area contributed by atoms with E-state index in [4.69, 9.17) is 0 Å². The standard InChI is InChI=1S/C15H20F2N2.ClH/c1-19(9-10-2-5-14(16)15(17)6-10)13-7-11-3-4-12(8-13)18-11;/h2,5-6,11-13,18H,3-4,7-9H2,1H3;1H. The Hall–Kier alpha value is -0.710. The van der Waals surface area contributed by atoms with E-state index in [0.29, 0.717) is 24.7 Å². The minimum Gasteiger partial charge on any atom is -0.311 e. The number of rotatable bonds is 3. The van der Waals surface area contributed by atoms with Gasteiger partial charge in [-0.1, -0.05) is 6.07 Å². The number of hydrogen-bond donors (Lipinski definition) is 1. The molecule has 2 heterocycles. The monoisotopic (exact) mass is 302 g/mol. The zero-order valence-corrected chi connectivity index (χ0v) is 12.4. The van der Waals surface area contributed by atoms with Gasteiger partial charge in [0.05, 0.1) is 0 Å². The molecule has 20 heavy (non-hydrogen) atoms. The Bertz CT molecular complexity index is 457. The quantitative estimate of drug-likeness (QED) is 0.923. The van der Waals surface area contributed by atoms with Gasteiger partial charge in [0.25, 0.3) is 0 Å². The van der Waals surface area contributed by atoms with Crippen LogP contribution in [0.2, 0.25) is 0 Å². The van der Waals surface area contributed by atoms with Gasteiger partial charge in [-0.2, -0.15) is 0 Å². The van der Waals surface area contributed by atoms with Crippen LogP contribution in [0.3, 0.4) is 0 Å². The lowest BCUT2D eigenvalue weighted by molar-refractivity contribution is 0.165. The van der Waals surface area contributed by atoms with Crippen LogP contribution in [0.15, 0.2) is 18.2 Å². The van der Waals surface area contributed by atoms with E-state index in [9.17, 15) is 8.78 Å². The van der Waals surface area contributed by atoms with E-state index in [2.05, 4.69) is 17.3 Å². The average Bonchev–Trinajstić information content (AvgIpc) is 2.72. The highest BCUT2D eigenvalue weighted by Gasteiger charge is 2.34. The molecule has 3 rings (SSSR count). The summed E-state index contributed by atoms with van der Waals surface area (Å²) in [6.07, 6.45) is 4.88. The van der Waals surface area contributed by atoms with Crippen LogP contribution in [0, 0.1) is 11.6 Å². The number of nitrogens with zero attached hydrogens (tertiary/aromatic N) is 1. The van der Waals surface area contributed by atoms with Crippen LogP contribution < -0.4 is 5.32 Å². The Kier molecular flexibility index (Phi) is 4.99. The van der Waals surface area contributed by atoms with Crippen LogP contribution in [0.1, 0.15) is 31.2 Å². The largest absolute Gasteiger partial charge is 0.311 e. The topological polar surface area (TPSA) is 15.3 Å². The molecule has 0 radical (unpaired) electrons. The van der Waals surface area contributed by atoms with E-state index < -0.39 is 11.6 Å². The van der Waals surface area contributed by atoms with E-state index in [-0.39, 0.29) is 12.4 Å². The fourth-order valence-corrected chi connectivity index (χ4v) is 3.44. The van der Waals surface area contributed by atoms with Gasteiger partial charge in [-0.3, -0.25) is 4.90 Å². The molecule has 1 N–H and O–H groups in total. The van der Waals surface area contributed by atoms with Crippen LogP contribution in [0.4, 0.5) is 8.78 Å². The molecule has 112 valence electrons. The molecule has 2 nitrogen and oxygen atoms in total. The average molecular weight is 303 g/mol. The highest BCUT2D eigenvalue weighted by molar-refractivity contribution is 5.85. The van der Waals surface area contributed by atoms with Crippen molar-refractivity contribution in [2.24, 2.45) is 0 Å². The molecule has 2 bridgehead atoms. The fourth-order valence-electron chi connectivity index (χ4n) is 3.44. The molecular formula is C15H21ClF2N2. The number of piperidine rings is 1. The summed E-state index contributed by atoms with van der Waals surface area (Å²) in [5.41, 5.74) is 0.840. The number of halogens is 3. The van der Waals surface area contributed by atoms with E-state index in [1.807, 2.05) is 0 Å². The van der Waals surface area contributed by atoms with Crippen LogP contribution in [0.5, 0.6) is 0 Å². The van der Waals surface area contributed by atoms with Gasteiger partial charge in [-0.15, -0.1) is 12.4 Å². The Balaban J connectivity index is 0.00000147. The molecular weight excluding hydrogens is 282 g/mol. The third kappa shape index (κ3) is 3.30. The molecule has 2 unspecified atom stereocenters. The first-order valence-electron chi connectivity index (χ1n) is 7.02. The molecule has 2 fully saturated rings. The zero-order chi connectivity index (χ0) is 13.4. The molecule has 5 heteroatoms. The molecule has 0 amide bonds. The van der Waals surface area contributed by atoms with Gasteiger partial charge in [0.15, 0.2) is 11.6 Å². The van der Waals surface area contributed by atoms with Gasteiger partial charge in [0.2, 0.25) is 0 Å². The summed E-state index contributed by atoms with van der Waals surface area (Å²) in [5.74, 6) is -1.53. The molecule has 2 atom stereocenters. The Morgan fingerprint density at radius 1 is 1.15 bits per heavy atom. The Morgan fingerprint density at radius 2 is 1.80 bits per heavy atom. The predicted octanol–water partition coefficient (Wildman–Crippen LogP) is 3.10. The lowest BCUT2D eigenvalue weighted by atomic mass is 9.98. The third-order valence-electron chi connectivity index (χ3n) is 4.49. The number of hydrogen-bond acceptors (Lipinski definition) is 2. The second-order valence-electron chi connectivity index (χ2n) is 5.93. The van der Waals surface area contributed by atoms with Crippen molar-refractivity contribution in [3.05, 3.63) is 35.4 Å². The molecule has 2 aliphatic rings. The summed E-state index contributed by atoms with van der Waals surface area (Å²) in [4.78, 5) is 2.28. The first-order valence-corrected chi connectivity index (χ1v) is 7.02. The maximum absolute atomic E-state index is 13.2. The van der Waals surface area contributed by atoms with Crippen molar-refractivity contribution in [2.45, 2.75) is 50.4 Å². The fraction of sp³-hybridized carbons (Fsp3) is 0.600. The summed E-state index contributed by atoms with van der Waals surface area (Å²) in [5, 5.41) is 3.62. The highest BCUT2D eigenvalue weighted by atomic mass is 35.5. The van der Waals surface area contributed by atoms with Gasteiger partial charge in [-0.05, 0) is 50.4 Å². The number of nitrogens with one attached hydrogen (secondary N) is 1. The van der Waals surface area contributed by atoms with Crippen molar-refractivity contribution in [3.8, 4) is 0 Å². The highest BCUT2D eigenvalue weighted by Crippen LogP contribution is 2.29. The Labute approximate surface area is 124 Å². The third-order valence-corrected chi connectivity index (χ3v) is 4.49. The second kappa shape index (κ2) is 6.37. The summed E-state index contributed by atoms with van der Waals surface area (Å²) in [6, 6.07) is 6.04. The minimum absolute atomic E-state index is 0. The SMILES string of the molecule is CN(Cc1ccc(F)c(F)c1)C1CC2CCC(C1)N2.Cl. The van der Waals surface area contributed by atoms with E-state index in [1.165, 1.54) is 25.0 Å². The van der Waals surface area contributed by atoms with Gasteiger partial charge < -0.3 is 5.32 Å². The summed E-state index contributed by atoms with van der Waals surface area (Å²) < 4.78 is 26.1. The summed E-state index contributed by atoms with van der Waals surface area (Å²) in [7, 11) is 2.08. The van der Waals surface area contributed by atoms with Crippen molar-refractivity contribution in [1.29, 1.82) is 0 Å².